The lowest BCUT2D eigenvalue weighted by molar-refractivity contribution is 0.0696. The van der Waals surface area contributed by atoms with Crippen LogP contribution in [0.5, 0.6) is 0 Å². The number of fused-ring (bicyclic) bond motifs is 1. The summed E-state index contributed by atoms with van der Waals surface area (Å²) >= 11 is 0. The van der Waals surface area contributed by atoms with Gasteiger partial charge in [0.05, 0.1) is 5.56 Å². The van der Waals surface area contributed by atoms with Crippen molar-refractivity contribution in [3.05, 3.63) is 69.8 Å². The highest BCUT2D eigenvalue weighted by Gasteiger charge is 2.26. The first-order valence-electron chi connectivity index (χ1n) is 10.6. The first-order chi connectivity index (χ1) is 13.4. The molecule has 2 aromatic carbocycles. The van der Waals surface area contributed by atoms with Gasteiger partial charge in [-0.05, 0) is 71.4 Å². The summed E-state index contributed by atoms with van der Waals surface area (Å²) in [6, 6.07) is 12.0. The third-order valence-corrected chi connectivity index (χ3v) is 6.03. The molecule has 0 heterocycles. The molecule has 0 spiro atoms. The van der Waals surface area contributed by atoms with Gasteiger partial charge in [0.1, 0.15) is 0 Å². The van der Waals surface area contributed by atoms with Crippen LogP contribution in [0.2, 0.25) is 0 Å². The number of carboxylic acids is 1. The van der Waals surface area contributed by atoms with E-state index >= 15 is 0 Å². The van der Waals surface area contributed by atoms with Gasteiger partial charge in [0, 0.05) is 0 Å². The summed E-state index contributed by atoms with van der Waals surface area (Å²) in [5.41, 5.74) is 6.91. The fourth-order valence-corrected chi connectivity index (χ4v) is 4.32. The standard InChI is InChI=1S/C26H32O2/c1-4-5-10-20-17-22-12-8-9-16-26(2,3)24(22)18-21(20)15-14-19-11-6-7-13-23(19)25(27)28/h6-7,11,13-15,17-18H,4-5,8-10,12,16H2,1-3H3,(H,27,28). The summed E-state index contributed by atoms with van der Waals surface area (Å²) in [5.74, 6) is -0.880. The maximum Gasteiger partial charge on any atom is 0.336 e. The molecule has 0 saturated carbocycles. The van der Waals surface area contributed by atoms with Crippen LogP contribution in [0.3, 0.4) is 0 Å². The largest absolute Gasteiger partial charge is 0.478 e. The van der Waals surface area contributed by atoms with E-state index in [1.54, 1.807) is 12.1 Å². The molecule has 0 aromatic heterocycles. The van der Waals surface area contributed by atoms with Gasteiger partial charge in [0.15, 0.2) is 0 Å². The summed E-state index contributed by atoms with van der Waals surface area (Å²) in [6.45, 7) is 6.94. The van der Waals surface area contributed by atoms with Crippen molar-refractivity contribution in [2.75, 3.05) is 0 Å². The van der Waals surface area contributed by atoms with E-state index in [1.165, 1.54) is 60.8 Å². The monoisotopic (exact) mass is 376 g/mol. The van der Waals surface area contributed by atoms with Gasteiger partial charge < -0.3 is 5.11 Å². The van der Waals surface area contributed by atoms with Crippen LogP contribution >= 0.6 is 0 Å². The molecule has 2 aromatic rings. The molecule has 1 N–H and O–H groups in total. The number of hydrogen-bond acceptors (Lipinski definition) is 1. The predicted octanol–water partition coefficient (Wildman–Crippen LogP) is 6.90. The van der Waals surface area contributed by atoms with E-state index in [-0.39, 0.29) is 5.41 Å². The van der Waals surface area contributed by atoms with Crippen LogP contribution in [-0.2, 0) is 18.3 Å². The Labute approximate surface area is 169 Å². The number of carboxylic acid groups (broad SMARTS) is 1. The third-order valence-electron chi connectivity index (χ3n) is 6.03. The highest BCUT2D eigenvalue weighted by Crippen LogP contribution is 2.37. The number of carbonyl (C=O) groups is 1. The maximum absolute atomic E-state index is 11.5. The minimum absolute atomic E-state index is 0.191. The Hall–Kier alpha value is -2.35. The first kappa shape index (κ1) is 20.4. The molecule has 1 aliphatic rings. The van der Waals surface area contributed by atoms with Gasteiger partial charge in [0.2, 0.25) is 0 Å². The highest BCUT2D eigenvalue weighted by atomic mass is 16.4. The van der Waals surface area contributed by atoms with Gasteiger partial charge in [0.25, 0.3) is 0 Å². The molecule has 2 nitrogen and oxygen atoms in total. The van der Waals surface area contributed by atoms with Crippen LogP contribution in [0, 0.1) is 0 Å². The Balaban J connectivity index is 2.06. The van der Waals surface area contributed by atoms with Crippen molar-refractivity contribution in [2.45, 2.75) is 71.1 Å². The molecule has 0 amide bonds. The van der Waals surface area contributed by atoms with Crippen molar-refractivity contribution >= 4 is 18.1 Å². The van der Waals surface area contributed by atoms with Crippen molar-refractivity contribution in [2.24, 2.45) is 0 Å². The molecule has 3 rings (SSSR count). The molecule has 0 fully saturated rings. The second-order valence-electron chi connectivity index (χ2n) is 8.63. The summed E-state index contributed by atoms with van der Waals surface area (Å²) in [5, 5.41) is 9.46. The van der Waals surface area contributed by atoms with Gasteiger partial charge >= 0.3 is 5.97 Å². The van der Waals surface area contributed by atoms with E-state index in [9.17, 15) is 9.90 Å². The predicted molar refractivity (Wildman–Crippen MR) is 118 cm³/mol. The van der Waals surface area contributed by atoms with E-state index < -0.39 is 5.97 Å². The molecule has 0 bridgehead atoms. The summed E-state index contributed by atoms with van der Waals surface area (Å²) in [7, 11) is 0. The lowest BCUT2D eigenvalue weighted by Gasteiger charge is -2.27. The van der Waals surface area contributed by atoms with Crippen LogP contribution < -0.4 is 0 Å². The van der Waals surface area contributed by atoms with E-state index in [4.69, 9.17) is 0 Å². The normalized spacial score (nSPS) is 16.0. The molecule has 0 saturated heterocycles. The Bertz CT molecular complexity index is 874. The van der Waals surface area contributed by atoms with Crippen molar-refractivity contribution in [3.63, 3.8) is 0 Å². The number of aryl methyl sites for hydroxylation is 2. The number of hydrogen-bond donors (Lipinski definition) is 1. The second-order valence-corrected chi connectivity index (χ2v) is 8.63. The smallest absolute Gasteiger partial charge is 0.336 e. The molecule has 1 aliphatic carbocycles. The fourth-order valence-electron chi connectivity index (χ4n) is 4.32. The number of benzene rings is 2. The van der Waals surface area contributed by atoms with E-state index in [0.717, 1.165) is 12.0 Å². The SMILES string of the molecule is CCCCc1cc2c(cc1C=Cc1ccccc1C(=O)O)C(C)(C)CCCC2. The minimum atomic E-state index is -0.880. The van der Waals surface area contributed by atoms with Crippen molar-refractivity contribution in [1.82, 2.24) is 0 Å². The van der Waals surface area contributed by atoms with Crippen LogP contribution in [0.1, 0.15) is 91.1 Å². The zero-order valence-electron chi connectivity index (χ0n) is 17.4. The minimum Gasteiger partial charge on any atom is -0.478 e. The van der Waals surface area contributed by atoms with Gasteiger partial charge in [-0.1, -0.05) is 76.1 Å². The zero-order chi connectivity index (χ0) is 20.1. The van der Waals surface area contributed by atoms with Crippen LogP contribution in [0.25, 0.3) is 12.2 Å². The van der Waals surface area contributed by atoms with E-state index in [0.29, 0.717) is 5.56 Å². The maximum atomic E-state index is 11.5. The van der Waals surface area contributed by atoms with Crippen molar-refractivity contribution < 1.29 is 9.90 Å². The number of aromatic carboxylic acids is 1. The van der Waals surface area contributed by atoms with Gasteiger partial charge in [-0.15, -0.1) is 0 Å². The first-order valence-corrected chi connectivity index (χ1v) is 10.6. The molecule has 0 aliphatic heterocycles. The summed E-state index contributed by atoms with van der Waals surface area (Å²) in [6.07, 6.45) is 12.4. The number of rotatable bonds is 6. The third kappa shape index (κ3) is 4.55. The number of unbranched alkanes of at least 4 members (excludes halogenated alkanes) is 1. The lowest BCUT2D eigenvalue weighted by atomic mass is 9.78. The van der Waals surface area contributed by atoms with Gasteiger partial charge in [-0.25, -0.2) is 4.79 Å². The highest BCUT2D eigenvalue weighted by molar-refractivity contribution is 5.93. The van der Waals surface area contributed by atoms with Crippen LogP contribution in [0.4, 0.5) is 0 Å². The molecule has 0 unspecified atom stereocenters. The Morgan fingerprint density at radius 3 is 2.61 bits per heavy atom. The Morgan fingerprint density at radius 1 is 1.11 bits per heavy atom. The molecule has 148 valence electrons. The lowest BCUT2D eigenvalue weighted by Crippen LogP contribution is -2.18. The van der Waals surface area contributed by atoms with Gasteiger partial charge in [-0.3, -0.25) is 0 Å². The van der Waals surface area contributed by atoms with Crippen molar-refractivity contribution in [3.8, 4) is 0 Å². The second kappa shape index (κ2) is 8.77. The zero-order valence-corrected chi connectivity index (χ0v) is 17.4. The van der Waals surface area contributed by atoms with Gasteiger partial charge in [-0.2, -0.15) is 0 Å². The average Bonchev–Trinajstić information content (AvgIpc) is 2.82. The molecule has 0 radical (unpaired) electrons. The summed E-state index contributed by atoms with van der Waals surface area (Å²) < 4.78 is 0. The van der Waals surface area contributed by atoms with Crippen molar-refractivity contribution in [1.29, 1.82) is 0 Å². The summed E-state index contributed by atoms with van der Waals surface area (Å²) in [4.78, 5) is 11.5. The molecule has 2 heteroatoms. The molecular weight excluding hydrogens is 344 g/mol. The van der Waals surface area contributed by atoms with Crippen LogP contribution in [-0.4, -0.2) is 11.1 Å². The Kier molecular flexibility index (Phi) is 6.39. The van der Waals surface area contributed by atoms with Crippen LogP contribution in [0.15, 0.2) is 36.4 Å². The quantitative estimate of drug-likeness (QED) is 0.440. The van der Waals surface area contributed by atoms with E-state index in [2.05, 4.69) is 39.0 Å². The fraction of sp³-hybridized carbons (Fsp3) is 0.423. The Morgan fingerprint density at radius 2 is 1.86 bits per heavy atom. The topological polar surface area (TPSA) is 37.3 Å². The molecular formula is C26H32O2. The molecule has 0 atom stereocenters. The average molecular weight is 377 g/mol. The van der Waals surface area contributed by atoms with E-state index in [1.807, 2.05) is 18.2 Å². The molecule has 28 heavy (non-hydrogen) atoms.